The summed E-state index contributed by atoms with van der Waals surface area (Å²) in [5.74, 6) is -1.07. The van der Waals surface area contributed by atoms with Gasteiger partial charge in [-0.2, -0.15) is 18.3 Å². The highest BCUT2D eigenvalue weighted by Gasteiger charge is 2.42. The molecular formula is C16H14F5N3OS. The van der Waals surface area contributed by atoms with E-state index in [1.54, 1.807) is 0 Å². The summed E-state index contributed by atoms with van der Waals surface area (Å²) in [6.07, 6.45) is -2.78. The first-order valence-electron chi connectivity index (χ1n) is 7.69. The third-order valence-corrected chi connectivity index (χ3v) is 5.28. The highest BCUT2D eigenvalue weighted by Crippen LogP contribution is 2.45. The van der Waals surface area contributed by atoms with Crippen molar-refractivity contribution >= 4 is 29.5 Å². The molecule has 0 aliphatic heterocycles. The summed E-state index contributed by atoms with van der Waals surface area (Å²) in [5.41, 5.74) is -2.33. The van der Waals surface area contributed by atoms with Crippen molar-refractivity contribution in [2.75, 3.05) is 10.7 Å². The molecule has 0 atom stereocenters. The molecule has 0 saturated heterocycles. The van der Waals surface area contributed by atoms with Gasteiger partial charge in [-0.15, -0.1) is 11.8 Å². The largest absolute Gasteiger partial charge is 0.437 e. The lowest BCUT2D eigenvalue weighted by Crippen LogP contribution is -2.20. The molecule has 26 heavy (non-hydrogen) atoms. The number of amides is 1. The Morgan fingerprint density at radius 3 is 2.58 bits per heavy atom. The second-order valence-corrected chi connectivity index (χ2v) is 6.96. The summed E-state index contributed by atoms with van der Waals surface area (Å²) in [5, 5.41) is 3.59. The van der Waals surface area contributed by atoms with Crippen molar-refractivity contribution in [2.45, 2.75) is 24.0 Å². The summed E-state index contributed by atoms with van der Waals surface area (Å²) in [6.45, 7) is 0. The fraction of sp³-hybridized carbons (Fsp3) is 0.375. The third-order valence-electron chi connectivity index (χ3n) is 3.91. The average molecular weight is 391 g/mol. The van der Waals surface area contributed by atoms with E-state index in [9.17, 15) is 26.7 Å². The van der Waals surface area contributed by atoms with Crippen LogP contribution < -0.4 is 4.90 Å². The lowest BCUT2D eigenvalue weighted by atomic mass is 10.2. The molecule has 4 nitrogen and oxygen atoms in total. The molecule has 1 fully saturated rings. The van der Waals surface area contributed by atoms with Crippen molar-refractivity contribution in [3.05, 3.63) is 35.5 Å². The molecule has 0 radical (unpaired) electrons. The predicted octanol–water partition coefficient (Wildman–Crippen LogP) is 4.51. The van der Waals surface area contributed by atoms with Crippen molar-refractivity contribution in [3.63, 3.8) is 0 Å². The predicted molar refractivity (Wildman–Crippen MR) is 86.2 cm³/mol. The van der Waals surface area contributed by atoms with Crippen LogP contribution in [0.5, 0.6) is 0 Å². The first kappa shape index (κ1) is 18.7. The van der Waals surface area contributed by atoms with Gasteiger partial charge in [-0.1, -0.05) is 0 Å². The molecule has 1 aromatic carbocycles. The highest BCUT2D eigenvalue weighted by molar-refractivity contribution is 7.99. The Morgan fingerprint density at radius 2 is 2.04 bits per heavy atom. The molecule has 1 aromatic heterocycles. The molecule has 2 aromatic rings. The minimum absolute atomic E-state index is 0.0732. The number of alkyl halides is 3. The molecule has 3 rings (SSSR count). The van der Waals surface area contributed by atoms with Gasteiger partial charge in [-0.05, 0) is 30.9 Å². The van der Waals surface area contributed by atoms with Gasteiger partial charge in [0.15, 0.2) is 5.69 Å². The molecule has 0 bridgehead atoms. The van der Waals surface area contributed by atoms with Gasteiger partial charge in [0.05, 0.1) is 5.69 Å². The van der Waals surface area contributed by atoms with E-state index in [1.807, 2.05) is 0 Å². The fourth-order valence-electron chi connectivity index (χ4n) is 2.46. The van der Waals surface area contributed by atoms with E-state index in [0.29, 0.717) is 22.6 Å². The quantitative estimate of drug-likeness (QED) is 0.413. The van der Waals surface area contributed by atoms with Crippen LogP contribution in [0.3, 0.4) is 0 Å². The third kappa shape index (κ3) is 3.69. The van der Waals surface area contributed by atoms with Crippen LogP contribution in [-0.4, -0.2) is 21.9 Å². The van der Waals surface area contributed by atoms with E-state index in [2.05, 4.69) is 5.10 Å². The maximum absolute atomic E-state index is 14.1. The number of hydrogen-bond donors (Lipinski definition) is 0. The first-order valence-corrected chi connectivity index (χ1v) is 8.67. The summed E-state index contributed by atoms with van der Waals surface area (Å²) in [4.78, 5) is 12.1. The average Bonchev–Trinajstić information content (AvgIpc) is 3.31. The van der Waals surface area contributed by atoms with Crippen LogP contribution in [0, 0.1) is 17.6 Å². The zero-order valence-corrected chi connectivity index (χ0v) is 14.4. The van der Waals surface area contributed by atoms with Crippen molar-refractivity contribution in [1.29, 1.82) is 0 Å². The van der Waals surface area contributed by atoms with Crippen molar-refractivity contribution in [2.24, 2.45) is 13.0 Å². The number of nitrogens with zero attached hydrogens (tertiary/aromatic N) is 3. The number of aromatic nitrogens is 2. The maximum Gasteiger partial charge on any atom is 0.437 e. The van der Waals surface area contributed by atoms with Gasteiger partial charge in [-0.3, -0.25) is 14.4 Å². The van der Waals surface area contributed by atoms with Crippen LogP contribution >= 0.6 is 11.8 Å². The monoisotopic (exact) mass is 391 g/mol. The first-order chi connectivity index (χ1) is 12.2. The number of carbonyl (C=O) groups is 1. The van der Waals surface area contributed by atoms with Crippen molar-refractivity contribution in [1.82, 2.24) is 9.78 Å². The number of benzene rings is 1. The number of thioether (sulfide) groups is 1. The van der Waals surface area contributed by atoms with Crippen LogP contribution in [0.25, 0.3) is 0 Å². The normalized spacial score (nSPS) is 14.5. The molecule has 0 spiro atoms. The van der Waals surface area contributed by atoms with Crippen molar-refractivity contribution < 1.29 is 26.7 Å². The van der Waals surface area contributed by atoms with Crippen LogP contribution in [0.15, 0.2) is 23.2 Å². The van der Waals surface area contributed by atoms with Gasteiger partial charge in [-0.25, -0.2) is 8.78 Å². The number of halogens is 5. The Morgan fingerprint density at radius 1 is 1.35 bits per heavy atom. The lowest BCUT2D eigenvalue weighted by Gasteiger charge is -2.20. The SMILES string of the molecule is Cn1nc(C(F)(F)F)c(N(C=O)c2ccc(F)cc2F)c1SCC1CC1. The Labute approximate surface area is 150 Å². The van der Waals surface area contributed by atoms with Crippen LogP contribution in [0.4, 0.5) is 33.3 Å². The number of anilines is 2. The summed E-state index contributed by atoms with van der Waals surface area (Å²) < 4.78 is 68.6. The van der Waals surface area contributed by atoms with Crippen LogP contribution in [0.2, 0.25) is 0 Å². The van der Waals surface area contributed by atoms with E-state index >= 15 is 0 Å². The Kier molecular flexibility index (Phi) is 4.96. The van der Waals surface area contributed by atoms with E-state index in [-0.39, 0.29) is 11.4 Å². The van der Waals surface area contributed by atoms with E-state index in [1.165, 1.54) is 7.05 Å². The lowest BCUT2D eigenvalue weighted by molar-refractivity contribution is -0.140. The second-order valence-electron chi connectivity index (χ2n) is 5.95. The molecule has 1 aliphatic carbocycles. The number of carbonyl (C=O) groups excluding carboxylic acids is 1. The maximum atomic E-state index is 14.1. The number of rotatable bonds is 6. The Bertz CT molecular complexity index is 832. The van der Waals surface area contributed by atoms with Gasteiger partial charge in [0.1, 0.15) is 22.3 Å². The van der Waals surface area contributed by atoms with Gasteiger partial charge >= 0.3 is 6.18 Å². The molecule has 1 heterocycles. The molecule has 140 valence electrons. The van der Waals surface area contributed by atoms with Crippen molar-refractivity contribution in [3.8, 4) is 0 Å². The molecule has 1 aliphatic rings. The van der Waals surface area contributed by atoms with E-state index in [4.69, 9.17) is 0 Å². The highest BCUT2D eigenvalue weighted by atomic mass is 32.2. The summed E-state index contributed by atoms with van der Waals surface area (Å²) in [7, 11) is 1.33. The van der Waals surface area contributed by atoms with Gasteiger partial charge < -0.3 is 0 Å². The fourth-order valence-corrected chi connectivity index (χ4v) is 3.74. The number of hydrogen-bond acceptors (Lipinski definition) is 3. The van der Waals surface area contributed by atoms with Gasteiger partial charge in [0.25, 0.3) is 0 Å². The zero-order chi connectivity index (χ0) is 19.1. The molecule has 10 heteroatoms. The standard InChI is InChI=1S/C16H14F5N3OS/c1-23-15(26-7-9-2-3-9)13(14(22-23)16(19,20)21)24(8-25)12-5-4-10(17)6-11(12)18/h4-6,8-9H,2-3,7H2,1H3. The molecular weight excluding hydrogens is 377 g/mol. The van der Waals surface area contributed by atoms with Crippen LogP contribution in [0.1, 0.15) is 18.5 Å². The Balaban J connectivity index is 2.13. The molecule has 1 saturated carbocycles. The molecule has 0 N–H and O–H groups in total. The van der Waals surface area contributed by atoms with Crippen LogP contribution in [-0.2, 0) is 18.0 Å². The van der Waals surface area contributed by atoms with Gasteiger partial charge in [0, 0.05) is 18.9 Å². The van der Waals surface area contributed by atoms with Gasteiger partial charge in [0.2, 0.25) is 6.41 Å². The molecule has 0 unspecified atom stereocenters. The number of aryl methyl sites for hydroxylation is 1. The topological polar surface area (TPSA) is 38.1 Å². The van der Waals surface area contributed by atoms with E-state index < -0.39 is 34.9 Å². The zero-order valence-electron chi connectivity index (χ0n) is 13.6. The Hall–Kier alpha value is -2.10. The smallest absolute Gasteiger partial charge is 0.278 e. The van der Waals surface area contributed by atoms with E-state index in [0.717, 1.165) is 41.4 Å². The summed E-state index contributed by atoms with van der Waals surface area (Å²) in [6, 6.07) is 2.30. The minimum atomic E-state index is -4.84. The minimum Gasteiger partial charge on any atom is -0.278 e. The summed E-state index contributed by atoms with van der Waals surface area (Å²) >= 11 is 1.13. The molecule has 1 amide bonds. The second kappa shape index (κ2) is 6.90.